The molecule has 1 aliphatic heterocycles. The largest absolute Gasteiger partial charge is 0.316 e. The van der Waals surface area contributed by atoms with Crippen LogP contribution < -0.4 is 5.32 Å². The predicted molar refractivity (Wildman–Crippen MR) is 54.7 cm³/mol. The lowest BCUT2D eigenvalue weighted by Gasteiger charge is -2.36. The zero-order chi connectivity index (χ0) is 8.81. The van der Waals surface area contributed by atoms with Crippen molar-refractivity contribution in [1.82, 2.24) is 5.32 Å². The van der Waals surface area contributed by atoms with Gasteiger partial charge >= 0.3 is 0 Å². The third-order valence-electron chi connectivity index (χ3n) is 3.15. The van der Waals surface area contributed by atoms with Gasteiger partial charge in [0.15, 0.2) is 0 Å². The van der Waals surface area contributed by atoms with Gasteiger partial charge in [-0.05, 0) is 37.8 Å². The average molecular weight is 190 g/mol. The van der Waals surface area contributed by atoms with Gasteiger partial charge in [-0.3, -0.25) is 0 Å². The van der Waals surface area contributed by atoms with E-state index in [9.17, 15) is 0 Å². The molecule has 1 unspecified atom stereocenters. The van der Waals surface area contributed by atoms with Crippen LogP contribution in [0, 0.1) is 11.8 Å². The molecule has 0 bridgehead atoms. The molecule has 2 aliphatic rings. The number of rotatable bonds is 1. The van der Waals surface area contributed by atoms with E-state index < -0.39 is 0 Å². The lowest BCUT2D eigenvalue weighted by molar-refractivity contribution is 0.173. The molecule has 0 radical (unpaired) electrons. The van der Waals surface area contributed by atoms with Crippen LogP contribution in [0.4, 0.5) is 0 Å². The molecule has 1 aliphatic carbocycles. The summed E-state index contributed by atoms with van der Waals surface area (Å²) in [5.74, 6) is 2.15. The minimum atomic E-state index is 1.04. The Morgan fingerprint density at radius 2 is 1.67 bits per heavy atom. The molecule has 0 aromatic heterocycles. The zero-order valence-electron chi connectivity index (χ0n) is 7.98. The van der Waals surface area contributed by atoms with E-state index in [1.165, 1.54) is 51.6 Å². The number of nitrogens with one attached hydrogen (secondary N) is 1. The van der Waals surface area contributed by atoms with Gasteiger partial charge in [-0.25, -0.2) is 0 Å². The van der Waals surface area contributed by atoms with E-state index in [1.807, 2.05) is 0 Å². The lowest BCUT2D eigenvalue weighted by Crippen LogP contribution is -2.36. The maximum atomic E-state index is 4.64. The van der Waals surface area contributed by atoms with Crippen LogP contribution in [0.5, 0.6) is 0 Å². The Bertz CT molecular complexity index is 106. The van der Waals surface area contributed by atoms with Crippen LogP contribution in [0.15, 0.2) is 0 Å². The van der Waals surface area contributed by atoms with Crippen molar-refractivity contribution in [1.29, 1.82) is 0 Å². The Morgan fingerprint density at radius 3 is 2.08 bits per heavy atom. The van der Waals surface area contributed by atoms with Crippen LogP contribution in [-0.4, -0.2) is 19.5 Å². The van der Waals surface area contributed by atoms with Gasteiger partial charge in [-0.1, -0.05) is 19.3 Å². The monoisotopic (exact) mass is 189 g/mol. The minimum Gasteiger partial charge on any atom is -0.316 e. The normalized spacial score (nSPS) is 30.0. The summed E-state index contributed by atoms with van der Waals surface area (Å²) < 4.78 is 0. The molecule has 1 atom stereocenters. The van der Waals surface area contributed by atoms with Crippen molar-refractivity contribution >= 4 is 11.6 Å². The van der Waals surface area contributed by atoms with Gasteiger partial charge in [0.25, 0.3) is 0 Å². The van der Waals surface area contributed by atoms with Crippen LogP contribution in [-0.2, 0) is 0 Å². The molecule has 0 aromatic rings. The van der Waals surface area contributed by atoms with Gasteiger partial charge in [-0.2, -0.15) is 0 Å². The van der Waals surface area contributed by atoms with E-state index in [1.54, 1.807) is 0 Å². The first kappa shape index (κ1) is 10.3. The lowest BCUT2D eigenvalue weighted by atomic mass is 9.73. The molecule has 12 heavy (non-hydrogen) atoms. The van der Waals surface area contributed by atoms with Crippen molar-refractivity contribution < 1.29 is 0 Å². The fraction of sp³-hybridized carbons (Fsp3) is 1.00. The summed E-state index contributed by atoms with van der Waals surface area (Å²) in [4.78, 5) is 0. The highest BCUT2D eigenvalue weighted by Crippen LogP contribution is 2.36. The summed E-state index contributed by atoms with van der Waals surface area (Å²) in [5, 5.41) is 3.48. The van der Waals surface area contributed by atoms with Gasteiger partial charge in [0, 0.05) is 6.38 Å². The molecular weight excluding hydrogens is 170 g/mol. The van der Waals surface area contributed by atoms with Crippen molar-refractivity contribution in [2.24, 2.45) is 11.8 Å². The fourth-order valence-electron chi connectivity index (χ4n) is 2.19. The molecule has 0 aromatic carbocycles. The number of halogens is 1. The van der Waals surface area contributed by atoms with Gasteiger partial charge in [0.1, 0.15) is 0 Å². The van der Waals surface area contributed by atoms with Crippen molar-refractivity contribution in [2.75, 3.05) is 19.5 Å². The van der Waals surface area contributed by atoms with Crippen LogP contribution in [0.25, 0.3) is 0 Å². The molecular formula is C10H20ClN. The van der Waals surface area contributed by atoms with E-state index in [-0.39, 0.29) is 0 Å². The van der Waals surface area contributed by atoms with Crippen LogP contribution >= 0.6 is 11.6 Å². The van der Waals surface area contributed by atoms with Gasteiger partial charge in [0.2, 0.25) is 0 Å². The molecule has 0 amide bonds. The van der Waals surface area contributed by atoms with Crippen molar-refractivity contribution in [3.8, 4) is 0 Å². The minimum absolute atomic E-state index is 1.04. The Labute approximate surface area is 80.9 Å². The molecule has 1 heterocycles. The first-order chi connectivity index (χ1) is 5.97. The van der Waals surface area contributed by atoms with Gasteiger partial charge < -0.3 is 5.32 Å². The fourth-order valence-corrected chi connectivity index (χ4v) is 2.19. The predicted octanol–water partition coefficient (Wildman–Crippen LogP) is 2.64. The van der Waals surface area contributed by atoms with Gasteiger partial charge in [0.05, 0.1) is 0 Å². The van der Waals surface area contributed by atoms with E-state index in [2.05, 4.69) is 16.9 Å². The molecule has 1 saturated heterocycles. The maximum absolute atomic E-state index is 4.64. The molecule has 2 rings (SSSR count). The van der Waals surface area contributed by atoms with E-state index in [0.717, 1.165) is 11.8 Å². The second-order valence-corrected chi connectivity index (χ2v) is 3.80. The quantitative estimate of drug-likeness (QED) is 0.626. The van der Waals surface area contributed by atoms with E-state index in [4.69, 9.17) is 0 Å². The first-order valence-electron chi connectivity index (χ1n) is 5.05. The molecule has 72 valence electrons. The maximum Gasteiger partial charge on any atom is 0.0108 e. The number of hydrogen-bond acceptors (Lipinski definition) is 1. The summed E-state index contributed by atoms with van der Waals surface area (Å²) in [5.41, 5.74) is 0. The highest BCUT2D eigenvalue weighted by Gasteiger charge is 2.27. The summed E-state index contributed by atoms with van der Waals surface area (Å²) in [6.07, 6.45) is 8.93. The van der Waals surface area contributed by atoms with E-state index in [0.29, 0.717) is 0 Å². The van der Waals surface area contributed by atoms with Crippen LogP contribution in [0.3, 0.4) is 0 Å². The third kappa shape index (κ3) is 2.63. The molecule has 2 fully saturated rings. The molecule has 0 spiro atoms. The average Bonchev–Trinajstić information content (AvgIpc) is 2.07. The SMILES string of the molecule is C1CC(C2CCCNC2)C1.CCl. The van der Waals surface area contributed by atoms with Crippen molar-refractivity contribution in [2.45, 2.75) is 32.1 Å². The van der Waals surface area contributed by atoms with Crippen LogP contribution in [0.1, 0.15) is 32.1 Å². The summed E-state index contributed by atoms with van der Waals surface area (Å²) in [6, 6.07) is 0. The second kappa shape index (κ2) is 5.82. The van der Waals surface area contributed by atoms with Gasteiger partial charge in [-0.15, -0.1) is 11.6 Å². The van der Waals surface area contributed by atoms with Crippen molar-refractivity contribution in [3.05, 3.63) is 0 Å². The van der Waals surface area contributed by atoms with E-state index >= 15 is 0 Å². The second-order valence-electron chi connectivity index (χ2n) is 3.80. The third-order valence-corrected chi connectivity index (χ3v) is 3.15. The van der Waals surface area contributed by atoms with Crippen molar-refractivity contribution in [3.63, 3.8) is 0 Å². The number of alkyl halides is 1. The smallest absolute Gasteiger partial charge is 0.0108 e. The Kier molecular flexibility index (Phi) is 5.01. The number of piperidine rings is 1. The standard InChI is InChI=1S/C9H17N.CH3Cl/c1-3-8(4-1)9-5-2-6-10-7-9;1-2/h8-10H,1-7H2;1H3. The Balaban J connectivity index is 0.000000336. The molecule has 2 heteroatoms. The molecule has 1 nitrogen and oxygen atoms in total. The Hall–Kier alpha value is 0.250. The molecule has 1 N–H and O–H groups in total. The topological polar surface area (TPSA) is 12.0 Å². The first-order valence-corrected chi connectivity index (χ1v) is 5.81. The van der Waals surface area contributed by atoms with Crippen LogP contribution in [0.2, 0.25) is 0 Å². The highest BCUT2D eigenvalue weighted by atomic mass is 35.5. The summed E-state index contributed by atoms with van der Waals surface area (Å²) >= 11 is 4.64. The Morgan fingerprint density at radius 1 is 1.00 bits per heavy atom. The zero-order valence-corrected chi connectivity index (χ0v) is 8.74. The number of hydrogen-bond donors (Lipinski definition) is 1. The molecule has 1 saturated carbocycles. The highest BCUT2D eigenvalue weighted by molar-refractivity contribution is 6.15. The summed E-state index contributed by atoms with van der Waals surface area (Å²) in [6.45, 7) is 2.58. The summed E-state index contributed by atoms with van der Waals surface area (Å²) in [7, 11) is 0.